The molecule has 3 aliphatic heterocycles. The van der Waals surface area contributed by atoms with Gasteiger partial charge < -0.3 is 5.11 Å². The van der Waals surface area contributed by atoms with Crippen molar-refractivity contribution in [1.82, 2.24) is 10.2 Å². The van der Waals surface area contributed by atoms with Gasteiger partial charge in [-0.05, 0) is 24.8 Å². The number of aromatic hydroxyl groups is 1. The maximum absolute atomic E-state index is 10.8. The second-order valence-corrected chi connectivity index (χ2v) is 6.34. The number of rotatable bonds is 2. The van der Waals surface area contributed by atoms with E-state index in [1.807, 2.05) is 36.4 Å². The van der Waals surface area contributed by atoms with Crippen molar-refractivity contribution in [3.63, 3.8) is 0 Å². The van der Waals surface area contributed by atoms with Crippen molar-refractivity contribution in [2.24, 2.45) is 0 Å². The summed E-state index contributed by atoms with van der Waals surface area (Å²) in [5.41, 5.74) is 2.99. The van der Waals surface area contributed by atoms with Gasteiger partial charge in [-0.2, -0.15) is 0 Å². The lowest BCUT2D eigenvalue weighted by atomic mass is 9.98. The van der Waals surface area contributed by atoms with Crippen LogP contribution in [-0.4, -0.2) is 29.1 Å². The van der Waals surface area contributed by atoms with Gasteiger partial charge in [0.1, 0.15) is 5.75 Å². The van der Waals surface area contributed by atoms with Crippen LogP contribution in [0.25, 0.3) is 11.1 Å². The quantitative estimate of drug-likeness (QED) is 0.889. The Morgan fingerprint density at radius 1 is 0.955 bits per heavy atom. The van der Waals surface area contributed by atoms with Crippen LogP contribution in [0.2, 0.25) is 0 Å². The van der Waals surface area contributed by atoms with Crippen LogP contribution >= 0.6 is 0 Å². The minimum Gasteiger partial charge on any atom is -0.507 e. The molecule has 5 rings (SSSR count). The van der Waals surface area contributed by atoms with Gasteiger partial charge in [0, 0.05) is 30.3 Å². The minimum absolute atomic E-state index is 0.143. The molecular weight excluding hydrogens is 272 g/mol. The van der Waals surface area contributed by atoms with E-state index in [2.05, 4.69) is 22.3 Å². The summed E-state index contributed by atoms with van der Waals surface area (Å²) in [5, 5.41) is 14.6. The molecule has 0 saturated carbocycles. The predicted octanol–water partition coefficient (Wildman–Crippen LogP) is 3.52. The molecule has 22 heavy (non-hydrogen) atoms. The number of phenols is 1. The van der Waals surface area contributed by atoms with Crippen molar-refractivity contribution in [1.29, 1.82) is 0 Å². The first-order valence-electron chi connectivity index (χ1n) is 8.20. The Labute approximate surface area is 131 Å². The first-order valence-corrected chi connectivity index (χ1v) is 8.20. The maximum atomic E-state index is 10.8. The van der Waals surface area contributed by atoms with Gasteiger partial charge in [0.15, 0.2) is 0 Å². The fraction of sp³-hybridized carbons (Fsp3) is 0.368. The lowest BCUT2D eigenvalue weighted by Crippen LogP contribution is -2.47. The van der Waals surface area contributed by atoms with Gasteiger partial charge in [-0.3, -0.25) is 10.2 Å². The molecule has 3 nitrogen and oxygen atoms in total. The molecule has 3 aliphatic rings. The molecular formula is C19H22N2O. The molecule has 3 unspecified atom stereocenters. The Balaban J connectivity index is 1.74. The third kappa shape index (κ3) is 2.40. The highest BCUT2D eigenvalue weighted by atomic mass is 16.3. The van der Waals surface area contributed by atoms with E-state index in [1.165, 1.54) is 19.3 Å². The van der Waals surface area contributed by atoms with Gasteiger partial charge in [0.25, 0.3) is 0 Å². The molecule has 3 atom stereocenters. The van der Waals surface area contributed by atoms with E-state index in [0.29, 0.717) is 11.8 Å². The number of benzene rings is 2. The zero-order valence-electron chi connectivity index (χ0n) is 12.7. The van der Waals surface area contributed by atoms with Crippen molar-refractivity contribution >= 4 is 0 Å². The maximum Gasteiger partial charge on any atom is 0.129 e. The number of nitrogens with zero attached hydrogens (tertiary/aromatic N) is 1. The van der Waals surface area contributed by atoms with Crippen LogP contribution in [0.4, 0.5) is 0 Å². The van der Waals surface area contributed by atoms with E-state index in [4.69, 9.17) is 0 Å². The van der Waals surface area contributed by atoms with E-state index in [9.17, 15) is 5.11 Å². The number of para-hydroxylation sites is 1. The Morgan fingerprint density at radius 3 is 2.68 bits per heavy atom. The summed E-state index contributed by atoms with van der Waals surface area (Å²) in [6, 6.07) is 16.8. The van der Waals surface area contributed by atoms with Gasteiger partial charge in [0.05, 0.1) is 6.17 Å². The average Bonchev–Trinajstić information content (AvgIpc) is 2.91. The summed E-state index contributed by atoms with van der Waals surface area (Å²) in [4.78, 5) is 2.47. The van der Waals surface area contributed by atoms with Gasteiger partial charge >= 0.3 is 0 Å². The molecule has 0 amide bonds. The number of hydrogen-bond acceptors (Lipinski definition) is 3. The van der Waals surface area contributed by atoms with Crippen LogP contribution < -0.4 is 5.32 Å². The second-order valence-electron chi connectivity index (χ2n) is 6.34. The molecule has 114 valence electrons. The molecule has 0 aliphatic carbocycles. The van der Waals surface area contributed by atoms with E-state index in [0.717, 1.165) is 29.8 Å². The summed E-state index contributed by atoms with van der Waals surface area (Å²) in [7, 11) is 0. The standard InChI is InChI=1S/C19H22N2O/c22-18-16(14-6-2-1-3-7-14)9-4-10-17(18)19-20-15-8-5-12-21(19)13-11-15/h1-4,6-7,9-10,15,19-20,22H,5,8,11-13H2. The molecule has 2 aromatic rings. The summed E-state index contributed by atoms with van der Waals surface area (Å²) in [6.07, 6.45) is 3.85. The van der Waals surface area contributed by atoms with E-state index >= 15 is 0 Å². The monoisotopic (exact) mass is 294 g/mol. The largest absolute Gasteiger partial charge is 0.507 e. The van der Waals surface area contributed by atoms with Crippen molar-refractivity contribution in [3.05, 3.63) is 54.1 Å². The van der Waals surface area contributed by atoms with Gasteiger partial charge in [-0.15, -0.1) is 0 Å². The first-order chi connectivity index (χ1) is 10.8. The van der Waals surface area contributed by atoms with Crippen molar-refractivity contribution in [2.75, 3.05) is 13.1 Å². The summed E-state index contributed by atoms with van der Waals surface area (Å²) in [6.45, 7) is 2.24. The third-order valence-corrected chi connectivity index (χ3v) is 4.97. The topological polar surface area (TPSA) is 35.5 Å². The van der Waals surface area contributed by atoms with Crippen LogP contribution in [0.1, 0.15) is 31.0 Å². The lowest BCUT2D eigenvalue weighted by Gasteiger charge is -2.37. The van der Waals surface area contributed by atoms with Crippen molar-refractivity contribution in [2.45, 2.75) is 31.5 Å². The highest BCUT2D eigenvalue weighted by Gasteiger charge is 2.33. The molecule has 2 N–H and O–H groups in total. The SMILES string of the molecule is Oc1c(-c2ccccc2)cccc1C1NC2CCCN1CC2. The molecule has 3 heteroatoms. The fourth-order valence-electron chi connectivity index (χ4n) is 3.79. The molecule has 0 radical (unpaired) electrons. The summed E-state index contributed by atoms with van der Waals surface area (Å²) < 4.78 is 0. The molecule has 3 fully saturated rings. The fourth-order valence-corrected chi connectivity index (χ4v) is 3.79. The van der Waals surface area contributed by atoms with Crippen LogP contribution in [0.15, 0.2) is 48.5 Å². The number of phenolic OH excluding ortho intramolecular Hbond substituents is 1. The van der Waals surface area contributed by atoms with E-state index in [-0.39, 0.29) is 6.17 Å². The smallest absolute Gasteiger partial charge is 0.129 e. The summed E-state index contributed by atoms with van der Waals surface area (Å²) >= 11 is 0. The van der Waals surface area contributed by atoms with Gasteiger partial charge in [-0.1, -0.05) is 48.5 Å². The van der Waals surface area contributed by atoms with Gasteiger partial charge in [-0.25, -0.2) is 0 Å². The lowest BCUT2D eigenvalue weighted by molar-refractivity contribution is 0.129. The molecule has 0 aromatic heterocycles. The number of hydrogen-bond donors (Lipinski definition) is 2. The average molecular weight is 294 g/mol. The second kappa shape index (κ2) is 5.75. The van der Waals surface area contributed by atoms with E-state index < -0.39 is 0 Å². The minimum atomic E-state index is 0.143. The Hall–Kier alpha value is -1.84. The van der Waals surface area contributed by atoms with Crippen LogP contribution in [0.3, 0.4) is 0 Å². The zero-order valence-corrected chi connectivity index (χ0v) is 12.7. The predicted molar refractivity (Wildman–Crippen MR) is 88.6 cm³/mol. The van der Waals surface area contributed by atoms with Crippen molar-refractivity contribution in [3.8, 4) is 16.9 Å². The Bertz CT molecular complexity index is 652. The molecule has 2 bridgehead atoms. The number of fused-ring (bicyclic) bond motifs is 4. The van der Waals surface area contributed by atoms with Crippen LogP contribution in [-0.2, 0) is 0 Å². The molecule has 3 saturated heterocycles. The Kier molecular flexibility index (Phi) is 3.60. The first kappa shape index (κ1) is 13.8. The van der Waals surface area contributed by atoms with Crippen LogP contribution in [0.5, 0.6) is 5.75 Å². The van der Waals surface area contributed by atoms with Crippen molar-refractivity contribution < 1.29 is 5.11 Å². The highest BCUT2D eigenvalue weighted by molar-refractivity contribution is 5.71. The van der Waals surface area contributed by atoms with Gasteiger partial charge in [0.2, 0.25) is 0 Å². The zero-order chi connectivity index (χ0) is 14.9. The van der Waals surface area contributed by atoms with Crippen LogP contribution in [0, 0.1) is 0 Å². The third-order valence-electron chi connectivity index (χ3n) is 4.97. The summed E-state index contributed by atoms with van der Waals surface area (Å²) in [5.74, 6) is 0.416. The molecule has 0 spiro atoms. The number of nitrogens with one attached hydrogen (secondary N) is 1. The van der Waals surface area contributed by atoms with E-state index in [1.54, 1.807) is 0 Å². The molecule has 3 heterocycles. The normalized spacial score (nSPS) is 27.5. The Morgan fingerprint density at radius 2 is 1.82 bits per heavy atom. The highest BCUT2D eigenvalue weighted by Crippen LogP contribution is 2.38. The molecule has 2 aromatic carbocycles.